The molecule has 0 unspecified atom stereocenters. The smallest absolute Gasteiger partial charge is 0.408 e. The molecule has 25 heavy (non-hydrogen) atoms. The monoisotopic (exact) mass is 350 g/mol. The van der Waals surface area contributed by atoms with Gasteiger partial charge in [0.15, 0.2) is 0 Å². The van der Waals surface area contributed by atoms with Gasteiger partial charge in [0.25, 0.3) is 0 Å². The van der Waals surface area contributed by atoms with Crippen LogP contribution in [0.3, 0.4) is 0 Å². The number of amides is 1. The molecule has 0 aliphatic carbocycles. The number of unbranched alkanes of at least 4 members (excludes halogenated alkanes) is 2. The Labute approximate surface area is 152 Å². The van der Waals surface area contributed by atoms with Gasteiger partial charge in [-0.05, 0) is 45.7 Å². The van der Waals surface area contributed by atoms with Crippen LogP contribution in [-0.2, 0) is 6.42 Å². The molecular formula is C20H34N2O3. The van der Waals surface area contributed by atoms with Gasteiger partial charge >= 0.3 is 6.09 Å². The van der Waals surface area contributed by atoms with Crippen LogP contribution in [0.5, 0.6) is 0 Å². The van der Waals surface area contributed by atoms with Crippen LogP contribution in [-0.4, -0.2) is 52.0 Å². The molecule has 0 aliphatic heterocycles. The highest BCUT2D eigenvalue weighted by Gasteiger charge is 2.37. The Hall–Kier alpha value is -1.59. The van der Waals surface area contributed by atoms with E-state index in [2.05, 4.69) is 12.2 Å². The molecular weight excluding hydrogens is 316 g/mol. The average molecular weight is 351 g/mol. The summed E-state index contributed by atoms with van der Waals surface area (Å²) in [6.07, 6.45) is 2.09. The third-order valence-electron chi connectivity index (χ3n) is 4.30. The van der Waals surface area contributed by atoms with Crippen molar-refractivity contribution in [1.29, 1.82) is 0 Å². The molecule has 1 rings (SSSR count). The number of aliphatic hydroxyl groups excluding tert-OH is 1. The largest absolute Gasteiger partial charge is 0.465 e. The van der Waals surface area contributed by atoms with Gasteiger partial charge in [-0.15, -0.1) is 0 Å². The van der Waals surface area contributed by atoms with Gasteiger partial charge in [-0.3, -0.25) is 4.90 Å². The maximum Gasteiger partial charge on any atom is 0.408 e. The number of hydrogen-bond acceptors (Lipinski definition) is 3. The van der Waals surface area contributed by atoms with Crippen LogP contribution >= 0.6 is 0 Å². The summed E-state index contributed by atoms with van der Waals surface area (Å²) in [6.45, 7) is 8.97. The number of rotatable bonds is 10. The molecule has 0 saturated heterocycles. The van der Waals surface area contributed by atoms with Crippen LogP contribution in [0.1, 0.15) is 52.5 Å². The number of benzene rings is 1. The highest BCUT2D eigenvalue weighted by molar-refractivity contribution is 5.66. The molecule has 1 aromatic carbocycles. The predicted octanol–water partition coefficient (Wildman–Crippen LogP) is 3.52. The number of carboxylic acid groups (broad SMARTS) is 1. The van der Waals surface area contributed by atoms with E-state index in [9.17, 15) is 15.0 Å². The third-order valence-corrected chi connectivity index (χ3v) is 4.30. The van der Waals surface area contributed by atoms with Crippen LogP contribution in [0.15, 0.2) is 30.3 Å². The lowest BCUT2D eigenvalue weighted by Crippen LogP contribution is -2.58. The van der Waals surface area contributed by atoms with Crippen molar-refractivity contribution in [2.24, 2.45) is 0 Å². The van der Waals surface area contributed by atoms with Gasteiger partial charge in [0.2, 0.25) is 0 Å². The summed E-state index contributed by atoms with van der Waals surface area (Å²) in [5, 5.41) is 23.7. The Morgan fingerprint density at radius 1 is 1.20 bits per heavy atom. The Morgan fingerprint density at radius 3 is 2.36 bits per heavy atom. The van der Waals surface area contributed by atoms with E-state index in [1.165, 1.54) is 4.90 Å². The first-order valence-corrected chi connectivity index (χ1v) is 9.22. The van der Waals surface area contributed by atoms with Gasteiger partial charge in [0.1, 0.15) is 0 Å². The van der Waals surface area contributed by atoms with Crippen molar-refractivity contribution in [3.63, 3.8) is 0 Å². The molecule has 2 atom stereocenters. The number of aliphatic hydroxyl groups is 1. The molecule has 0 spiro atoms. The van der Waals surface area contributed by atoms with Crippen molar-refractivity contribution in [1.82, 2.24) is 10.2 Å². The maximum absolute atomic E-state index is 11.9. The summed E-state index contributed by atoms with van der Waals surface area (Å²) < 4.78 is 0. The van der Waals surface area contributed by atoms with Gasteiger partial charge in [-0.1, -0.05) is 50.1 Å². The lowest BCUT2D eigenvalue weighted by Gasteiger charge is -2.42. The summed E-state index contributed by atoms with van der Waals surface area (Å²) in [7, 11) is 0. The quantitative estimate of drug-likeness (QED) is 0.565. The minimum absolute atomic E-state index is 0.390. The normalized spacial score (nSPS) is 14.1. The van der Waals surface area contributed by atoms with E-state index in [0.29, 0.717) is 13.0 Å². The van der Waals surface area contributed by atoms with Crippen LogP contribution in [0, 0.1) is 0 Å². The van der Waals surface area contributed by atoms with Crippen LogP contribution in [0.4, 0.5) is 4.79 Å². The van der Waals surface area contributed by atoms with E-state index >= 15 is 0 Å². The van der Waals surface area contributed by atoms with E-state index in [4.69, 9.17) is 0 Å². The molecule has 5 heteroatoms. The Kier molecular flexibility index (Phi) is 8.93. The standard InChI is InChI=1S/C20H34N2O3/c1-5-6-10-13-21-15-18(23)17(14-16-11-8-7-9-12-16)22(19(24)25)20(2,3)4/h7-9,11-12,17-18,21,23H,5-6,10,13-15H2,1-4H3,(H,24,25)/t17-,18+/m0/s1. The van der Waals surface area contributed by atoms with Gasteiger partial charge in [-0.2, -0.15) is 0 Å². The fourth-order valence-corrected chi connectivity index (χ4v) is 3.07. The van der Waals surface area contributed by atoms with Crippen molar-refractivity contribution in [3.05, 3.63) is 35.9 Å². The molecule has 0 radical (unpaired) electrons. The Morgan fingerprint density at radius 2 is 1.84 bits per heavy atom. The van der Waals surface area contributed by atoms with Gasteiger partial charge in [-0.25, -0.2) is 4.79 Å². The zero-order valence-electron chi connectivity index (χ0n) is 16.0. The second kappa shape index (κ2) is 10.4. The molecule has 142 valence electrons. The van der Waals surface area contributed by atoms with E-state index in [0.717, 1.165) is 31.4 Å². The van der Waals surface area contributed by atoms with E-state index in [-0.39, 0.29) is 0 Å². The summed E-state index contributed by atoms with van der Waals surface area (Å²) in [5.41, 5.74) is 0.433. The number of nitrogens with one attached hydrogen (secondary N) is 1. The fourth-order valence-electron chi connectivity index (χ4n) is 3.07. The molecule has 3 N–H and O–H groups in total. The molecule has 1 aromatic rings. The molecule has 1 amide bonds. The van der Waals surface area contributed by atoms with Crippen molar-refractivity contribution < 1.29 is 15.0 Å². The topological polar surface area (TPSA) is 72.8 Å². The first kappa shape index (κ1) is 21.5. The third kappa shape index (κ3) is 7.45. The van der Waals surface area contributed by atoms with Gasteiger partial charge < -0.3 is 15.5 Å². The maximum atomic E-state index is 11.9. The second-order valence-corrected chi connectivity index (χ2v) is 7.56. The summed E-state index contributed by atoms with van der Waals surface area (Å²) in [6, 6.07) is 9.24. The molecule has 5 nitrogen and oxygen atoms in total. The van der Waals surface area contributed by atoms with E-state index in [1.54, 1.807) is 0 Å². The lowest BCUT2D eigenvalue weighted by atomic mass is 9.94. The molecule has 0 fully saturated rings. The van der Waals surface area contributed by atoms with Gasteiger partial charge in [0.05, 0.1) is 12.1 Å². The zero-order chi connectivity index (χ0) is 18.9. The summed E-state index contributed by atoms with van der Waals surface area (Å²) in [4.78, 5) is 13.3. The minimum Gasteiger partial charge on any atom is -0.465 e. The SMILES string of the molecule is CCCCCNC[C@@H](O)[C@H](Cc1ccccc1)N(C(=O)O)C(C)(C)C. The minimum atomic E-state index is -1.00. The highest BCUT2D eigenvalue weighted by Crippen LogP contribution is 2.22. The Balaban J connectivity index is 2.87. The van der Waals surface area contributed by atoms with Crippen molar-refractivity contribution in [3.8, 4) is 0 Å². The number of nitrogens with zero attached hydrogens (tertiary/aromatic N) is 1. The molecule has 0 bridgehead atoms. The van der Waals surface area contributed by atoms with Crippen molar-refractivity contribution >= 4 is 6.09 Å². The number of carbonyl (C=O) groups is 1. The zero-order valence-corrected chi connectivity index (χ0v) is 16.0. The predicted molar refractivity (Wildman–Crippen MR) is 102 cm³/mol. The van der Waals surface area contributed by atoms with E-state index < -0.39 is 23.8 Å². The second-order valence-electron chi connectivity index (χ2n) is 7.56. The number of hydrogen-bond donors (Lipinski definition) is 3. The van der Waals surface area contributed by atoms with Crippen molar-refractivity contribution in [2.75, 3.05) is 13.1 Å². The molecule has 0 saturated carbocycles. The first-order chi connectivity index (χ1) is 11.8. The van der Waals surface area contributed by atoms with E-state index in [1.807, 2.05) is 51.1 Å². The van der Waals surface area contributed by atoms with Crippen LogP contribution < -0.4 is 5.32 Å². The molecule has 0 aromatic heterocycles. The summed E-state index contributed by atoms with van der Waals surface area (Å²) >= 11 is 0. The molecule has 0 aliphatic rings. The Bertz CT molecular complexity index is 499. The summed E-state index contributed by atoms with van der Waals surface area (Å²) in [5.74, 6) is 0. The highest BCUT2D eigenvalue weighted by atomic mass is 16.4. The van der Waals surface area contributed by atoms with Gasteiger partial charge in [0, 0.05) is 12.1 Å². The lowest BCUT2D eigenvalue weighted by molar-refractivity contribution is 0.00786. The average Bonchev–Trinajstić information content (AvgIpc) is 2.53. The van der Waals surface area contributed by atoms with Crippen LogP contribution in [0.2, 0.25) is 0 Å². The first-order valence-electron chi connectivity index (χ1n) is 9.22. The van der Waals surface area contributed by atoms with Crippen molar-refractivity contribution in [2.45, 2.75) is 71.1 Å². The van der Waals surface area contributed by atoms with Crippen LogP contribution in [0.25, 0.3) is 0 Å². The molecule has 0 heterocycles. The fraction of sp³-hybridized carbons (Fsp3) is 0.650.